The smallest absolute Gasteiger partial charge is 0.139 e. The van der Waals surface area contributed by atoms with E-state index in [2.05, 4.69) is 11.1 Å². The van der Waals surface area contributed by atoms with E-state index < -0.39 is 0 Å². The molecule has 0 bridgehead atoms. The third-order valence-electron chi connectivity index (χ3n) is 4.62. The number of aromatic nitrogens is 2. The molecule has 2 aromatic rings. The van der Waals surface area contributed by atoms with E-state index in [9.17, 15) is 0 Å². The molecular weight excluding hydrogens is 262 g/mol. The first-order valence-corrected chi connectivity index (χ1v) is 7.61. The van der Waals surface area contributed by atoms with Crippen molar-refractivity contribution < 1.29 is 4.74 Å². The maximum atomic E-state index is 5.79. The number of rotatable bonds is 2. The Kier molecular flexibility index (Phi) is 3.11. The Morgan fingerprint density at radius 2 is 2.19 bits per heavy atom. The van der Waals surface area contributed by atoms with Crippen LogP contribution in [0.4, 0.5) is 0 Å². The first-order valence-electron chi connectivity index (χ1n) is 7.61. The molecule has 0 radical (unpaired) electrons. The van der Waals surface area contributed by atoms with Crippen LogP contribution in [0.2, 0.25) is 0 Å². The standard InChI is InChI=1S/C17H19N3O/c18-8-11-5-6-15-12(7-11)9-19-17(20-15)14-10-21-16-4-2-1-3-13(14)16/h1-4,9,11,14H,5-8,10,18H2. The number of nitrogens with two attached hydrogens (primary N) is 1. The van der Waals surface area contributed by atoms with Crippen LogP contribution >= 0.6 is 0 Å². The van der Waals surface area contributed by atoms with Crippen LogP contribution in [0.15, 0.2) is 30.5 Å². The van der Waals surface area contributed by atoms with E-state index in [1.54, 1.807) is 0 Å². The summed E-state index contributed by atoms with van der Waals surface area (Å²) in [5, 5.41) is 0. The highest BCUT2D eigenvalue weighted by molar-refractivity contribution is 5.43. The molecular formula is C17H19N3O. The summed E-state index contributed by atoms with van der Waals surface area (Å²) in [6.45, 7) is 1.40. The zero-order valence-corrected chi connectivity index (χ0v) is 12.0. The number of hydrogen-bond donors (Lipinski definition) is 1. The van der Waals surface area contributed by atoms with E-state index in [-0.39, 0.29) is 5.92 Å². The number of benzene rings is 1. The van der Waals surface area contributed by atoms with Crippen LogP contribution in [-0.4, -0.2) is 23.1 Å². The molecule has 1 aromatic heterocycles. The van der Waals surface area contributed by atoms with Gasteiger partial charge in [-0.15, -0.1) is 0 Å². The normalized spacial score (nSPS) is 23.3. The van der Waals surface area contributed by atoms with Crippen LogP contribution in [0, 0.1) is 5.92 Å². The molecule has 0 amide bonds. The first kappa shape index (κ1) is 12.8. The molecule has 2 N–H and O–H groups in total. The van der Waals surface area contributed by atoms with Crippen molar-refractivity contribution in [2.24, 2.45) is 11.7 Å². The van der Waals surface area contributed by atoms with Gasteiger partial charge in [0.25, 0.3) is 0 Å². The molecule has 2 unspecified atom stereocenters. The minimum Gasteiger partial charge on any atom is -0.492 e. The molecule has 2 aliphatic rings. The van der Waals surface area contributed by atoms with E-state index in [0.29, 0.717) is 12.5 Å². The van der Waals surface area contributed by atoms with Crippen molar-refractivity contribution in [2.45, 2.75) is 25.2 Å². The molecule has 21 heavy (non-hydrogen) atoms. The molecule has 2 atom stereocenters. The number of hydrogen-bond acceptors (Lipinski definition) is 4. The highest BCUT2D eigenvalue weighted by Crippen LogP contribution is 2.37. The topological polar surface area (TPSA) is 61.0 Å². The highest BCUT2D eigenvalue weighted by Gasteiger charge is 2.29. The van der Waals surface area contributed by atoms with E-state index in [1.165, 1.54) is 16.8 Å². The van der Waals surface area contributed by atoms with Crippen molar-refractivity contribution >= 4 is 0 Å². The molecule has 1 aliphatic heterocycles. The van der Waals surface area contributed by atoms with Gasteiger partial charge in [0.1, 0.15) is 18.2 Å². The van der Waals surface area contributed by atoms with Crippen LogP contribution in [0.3, 0.4) is 0 Å². The van der Waals surface area contributed by atoms with Gasteiger partial charge in [-0.3, -0.25) is 0 Å². The van der Waals surface area contributed by atoms with E-state index in [1.807, 2.05) is 24.4 Å². The van der Waals surface area contributed by atoms with Gasteiger partial charge in [-0.2, -0.15) is 0 Å². The van der Waals surface area contributed by atoms with Crippen molar-refractivity contribution in [2.75, 3.05) is 13.2 Å². The SMILES string of the molecule is NCC1CCc2nc(C3COc4ccccc43)ncc2C1. The van der Waals surface area contributed by atoms with Crippen molar-refractivity contribution in [1.82, 2.24) is 9.97 Å². The number of ether oxygens (including phenoxy) is 1. The predicted octanol–water partition coefficient (Wildman–Crippen LogP) is 2.06. The summed E-state index contributed by atoms with van der Waals surface area (Å²) in [6, 6.07) is 8.17. The number of aryl methyl sites for hydroxylation is 1. The van der Waals surface area contributed by atoms with Crippen LogP contribution in [0.25, 0.3) is 0 Å². The van der Waals surface area contributed by atoms with Gasteiger partial charge in [0.2, 0.25) is 0 Å². The fourth-order valence-electron chi connectivity index (χ4n) is 3.34. The van der Waals surface area contributed by atoms with E-state index in [0.717, 1.165) is 37.4 Å². The third-order valence-corrected chi connectivity index (χ3v) is 4.62. The Bertz CT molecular complexity index is 671. The second-order valence-corrected chi connectivity index (χ2v) is 5.95. The Morgan fingerprint density at radius 1 is 1.29 bits per heavy atom. The third kappa shape index (κ3) is 2.20. The van der Waals surface area contributed by atoms with Gasteiger partial charge in [-0.05, 0) is 43.4 Å². The van der Waals surface area contributed by atoms with Crippen molar-refractivity contribution in [3.63, 3.8) is 0 Å². The Hall–Kier alpha value is -1.94. The lowest BCUT2D eigenvalue weighted by Crippen LogP contribution is -2.24. The van der Waals surface area contributed by atoms with Gasteiger partial charge in [0.15, 0.2) is 0 Å². The molecule has 0 saturated heterocycles. The largest absolute Gasteiger partial charge is 0.492 e. The lowest BCUT2D eigenvalue weighted by atomic mass is 9.87. The molecule has 2 heterocycles. The van der Waals surface area contributed by atoms with Gasteiger partial charge >= 0.3 is 0 Å². The highest BCUT2D eigenvalue weighted by atomic mass is 16.5. The molecule has 1 aliphatic carbocycles. The molecule has 0 saturated carbocycles. The van der Waals surface area contributed by atoms with E-state index in [4.69, 9.17) is 15.5 Å². The quantitative estimate of drug-likeness (QED) is 0.915. The van der Waals surface area contributed by atoms with Crippen LogP contribution in [0.5, 0.6) is 5.75 Å². The van der Waals surface area contributed by atoms with Crippen LogP contribution in [0.1, 0.15) is 35.0 Å². The summed E-state index contributed by atoms with van der Waals surface area (Å²) in [5.74, 6) is 2.61. The first-order chi connectivity index (χ1) is 10.3. The maximum Gasteiger partial charge on any atom is 0.139 e. The maximum absolute atomic E-state index is 5.79. The van der Waals surface area contributed by atoms with Gasteiger partial charge in [-0.1, -0.05) is 18.2 Å². The second kappa shape index (κ2) is 5.11. The lowest BCUT2D eigenvalue weighted by Gasteiger charge is -2.23. The minimum absolute atomic E-state index is 0.165. The molecule has 1 aromatic carbocycles. The monoisotopic (exact) mass is 281 g/mol. The van der Waals surface area contributed by atoms with Crippen molar-refractivity contribution in [3.8, 4) is 5.75 Å². The average Bonchev–Trinajstić information content (AvgIpc) is 2.98. The number of nitrogens with zero attached hydrogens (tertiary/aromatic N) is 2. The summed E-state index contributed by atoms with van der Waals surface area (Å²) >= 11 is 0. The molecule has 108 valence electrons. The number of para-hydroxylation sites is 1. The Balaban J connectivity index is 1.66. The van der Waals surface area contributed by atoms with Gasteiger partial charge in [0.05, 0.1) is 5.92 Å². The van der Waals surface area contributed by atoms with Crippen LogP contribution in [-0.2, 0) is 12.8 Å². The number of fused-ring (bicyclic) bond motifs is 2. The fourth-order valence-corrected chi connectivity index (χ4v) is 3.34. The summed E-state index contributed by atoms with van der Waals surface area (Å²) in [5.41, 5.74) is 9.46. The minimum atomic E-state index is 0.165. The van der Waals surface area contributed by atoms with E-state index >= 15 is 0 Å². The molecule has 4 heteroatoms. The van der Waals surface area contributed by atoms with Crippen LogP contribution < -0.4 is 10.5 Å². The Labute approximate surface area is 124 Å². The molecule has 4 rings (SSSR count). The van der Waals surface area contributed by atoms with Crippen molar-refractivity contribution in [1.29, 1.82) is 0 Å². The summed E-state index contributed by atoms with van der Waals surface area (Å²) in [7, 11) is 0. The second-order valence-electron chi connectivity index (χ2n) is 5.95. The zero-order valence-electron chi connectivity index (χ0n) is 12.0. The zero-order chi connectivity index (χ0) is 14.2. The Morgan fingerprint density at radius 3 is 3.10 bits per heavy atom. The molecule has 0 spiro atoms. The molecule has 4 nitrogen and oxygen atoms in total. The van der Waals surface area contributed by atoms with Crippen molar-refractivity contribution in [3.05, 3.63) is 53.1 Å². The molecule has 0 fully saturated rings. The summed E-state index contributed by atoms with van der Waals surface area (Å²) in [6.07, 6.45) is 5.17. The summed E-state index contributed by atoms with van der Waals surface area (Å²) < 4.78 is 5.75. The predicted molar refractivity (Wildman–Crippen MR) is 80.4 cm³/mol. The lowest BCUT2D eigenvalue weighted by molar-refractivity contribution is 0.339. The van der Waals surface area contributed by atoms with Gasteiger partial charge < -0.3 is 10.5 Å². The average molecular weight is 281 g/mol. The van der Waals surface area contributed by atoms with Gasteiger partial charge in [-0.25, -0.2) is 9.97 Å². The van der Waals surface area contributed by atoms with Gasteiger partial charge in [0, 0.05) is 17.5 Å². The fraction of sp³-hybridized carbons (Fsp3) is 0.412. The summed E-state index contributed by atoms with van der Waals surface area (Å²) in [4.78, 5) is 9.44.